The van der Waals surface area contributed by atoms with E-state index in [9.17, 15) is 14.4 Å². The first-order valence-electron chi connectivity index (χ1n) is 11.6. The standard InChI is InChI=1S/C25H34O6Si/c1-4-7-17-23(26)29-32(30-24(27)18-8-5-2,31-25(28)19-9-6-3)22-16-12-14-20-13-10-11-15-21(20)22/h10-16H,4-9,17-19H2,1-3H3. The first kappa shape index (κ1) is 25.6. The molecule has 0 amide bonds. The first-order valence-corrected chi connectivity index (χ1v) is 13.3. The molecule has 0 atom stereocenters. The molecular formula is C25H34O6Si. The fraction of sp³-hybridized carbons (Fsp3) is 0.480. The van der Waals surface area contributed by atoms with Gasteiger partial charge in [-0.1, -0.05) is 82.5 Å². The predicted octanol–water partition coefficient (Wildman–Crippen LogP) is 5.19. The van der Waals surface area contributed by atoms with Gasteiger partial charge in [0.15, 0.2) is 0 Å². The number of unbranched alkanes of at least 4 members (excludes halogenated alkanes) is 3. The summed E-state index contributed by atoms with van der Waals surface area (Å²) in [4.78, 5) is 38.2. The summed E-state index contributed by atoms with van der Waals surface area (Å²) in [7, 11) is -4.22. The number of carbonyl (C=O) groups excluding carboxylic acids is 3. The van der Waals surface area contributed by atoms with Crippen molar-refractivity contribution in [1.82, 2.24) is 0 Å². The molecular weight excluding hydrogens is 424 g/mol. The lowest BCUT2D eigenvalue weighted by Gasteiger charge is -2.28. The molecule has 0 fully saturated rings. The summed E-state index contributed by atoms with van der Waals surface area (Å²) < 4.78 is 17.5. The summed E-state index contributed by atoms with van der Waals surface area (Å²) in [5.41, 5.74) is 0. The summed E-state index contributed by atoms with van der Waals surface area (Å²) >= 11 is 0. The molecule has 0 saturated heterocycles. The van der Waals surface area contributed by atoms with E-state index in [0.29, 0.717) is 24.4 Å². The maximum absolute atomic E-state index is 12.7. The van der Waals surface area contributed by atoms with Gasteiger partial charge in [0.1, 0.15) is 0 Å². The van der Waals surface area contributed by atoms with Gasteiger partial charge in [0.05, 0.1) is 5.19 Å². The molecule has 2 aromatic rings. The van der Waals surface area contributed by atoms with Gasteiger partial charge in [-0.15, -0.1) is 0 Å². The number of fused-ring (bicyclic) bond motifs is 1. The Bertz CT molecular complexity index is 850. The van der Waals surface area contributed by atoms with E-state index in [2.05, 4.69) is 0 Å². The maximum atomic E-state index is 12.7. The molecule has 2 rings (SSSR count). The second-order valence-corrected chi connectivity index (χ2v) is 10.1. The molecule has 32 heavy (non-hydrogen) atoms. The number of carbonyl (C=O) groups is 3. The van der Waals surface area contributed by atoms with Gasteiger partial charge >= 0.3 is 8.80 Å². The van der Waals surface area contributed by atoms with E-state index in [1.807, 2.05) is 51.1 Å². The van der Waals surface area contributed by atoms with Crippen molar-refractivity contribution in [2.75, 3.05) is 0 Å². The van der Waals surface area contributed by atoms with Crippen LogP contribution in [0.4, 0.5) is 0 Å². The Morgan fingerprint density at radius 1 is 0.656 bits per heavy atom. The lowest BCUT2D eigenvalue weighted by molar-refractivity contribution is -0.149. The van der Waals surface area contributed by atoms with Crippen LogP contribution in [0.3, 0.4) is 0 Å². The third-order valence-corrected chi connectivity index (χ3v) is 7.65. The van der Waals surface area contributed by atoms with Gasteiger partial charge in [0.25, 0.3) is 17.9 Å². The summed E-state index contributed by atoms with van der Waals surface area (Å²) in [6, 6.07) is 12.9. The molecule has 0 aliphatic rings. The lowest BCUT2D eigenvalue weighted by atomic mass is 10.1. The van der Waals surface area contributed by atoms with Crippen molar-refractivity contribution in [3.05, 3.63) is 42.5 Å². The van der Waals surface area contributed by atoms with E-state index in [0.717, 1.165) is 30.0 Å². The Hall–Kier alpha value is -2.67. The van der Waals surface area contributed by atoms with Gasteiger partial charge in [-0.05, 0) is 30.0 Å². The molecule has 0 unspecified atom stereocenters. The molecule has 0 aromatic heterocycles. The van der Waals surface area contributed by atoms with E-state index in [1.54, 1.807) is 12.1 Å². The maximum Gasteiger partial charge on any atom is 0.743 e. The average Bonchev–Trinajstić information content (AvgIpc) is 2.79. The van der Waals surface area contributed by atoms with Crippen LogP contribution in [0.15, 0.2) is 42.5 Å². The molecule has 6 nitrogen and oxygen atoms in total. The van der Waals surface area contributed by atoms with Gasteiger partial charge in [0, 0.05) is 19.3 Å². The minimum Gasteiger partial charge on any atom is -0.452 e. The minimum atomic E-state index is -4.22. The minimum absolute atomic E-state index is 0.162. The van der Waals surface area contributed by atoms with Gasteiger partial charge in [0.2, 0.25) is 0 Å². The number of benzene rings is 2. The van der Waals surface area contributed by atoms with Crippen LogP contribution < -0.4 is 5.19 Å². The molecule has 0 spiro atoms. The Morgan fingerprint density at radius 3 is 1.56 bits per heavy atom. The van der Waals surface area contributed by atoms with E-state index in [-0.39, 0.29) is 19.3 Å². The first-order chi connectivity index (χ1) is 15.5. The van der Waals surface area contributed by atoms with Crippen LogP contribution in [0.1, 0.15) is 78.6 Å². The van der Waals surface area contributed by atoms with E-state index >= 15 is 0 Å². The molecule has 2 aromatic carbocycles. The van der Waals surface area contributed by atoms with Gasteiger partial charge in [-0.2, -0.15) is 0 Å². The average molecular weight is 459 g/mol. The van der Waals surface area contributed by atoms with Crippen molar-refractivity contribution < 1.29 is 27.7 Å². The number of rotatable bonds is 13. The summed E-state index contributed by atoms with van der Waals surface area (Å²) in [5.74, 6) is -1.59. The third-order valence-electron chi connectivity index (χ3n) is 5.07. The highest BCUT2D eigenvalue weighted by atomic mass is 28.4. The van der Waals surface area contributed by atoms with Crippen LogP contribution in [0.25, 0.3) is 10.8 Å². The normalized spacial score (nSPS) is 11.2. The molecule has 0 saturated carbocycles. The monoisotopic (exact) mass is 458 g/mol. The molecule has 0 aliphatic carbocycles. The van der Waals surface area contributed by atoms with E-state index in [1.165, 1.54) is 0 Å². The van der Waals surface area contributed by atoms with Crippen molar-refractivity contribution in [3.8, 4) is 0 Å². The zero-order chi connectivity index (χ0) is 23.4. The zero-order valence-corrected chi connectivity index (χ0v) is 20.4. The third kappa shape index (κ3) is 7.19. The highest BCUT2D eigenvalue weighted by Crippen LogP contribution is 2.22. The Balaban J connectivity index is 2.57. The van der Waals surface area contributed by atoms with Gasteiger partial charge < -0.3 is 13.3 Å². The van der Waals surface area contributed by atoms with Crippen molar-refractivity contribution in [3.63, 3.8) is 0 Å². The topological polar surface area (TPSA) is 78.9 Å². The Kier molecular flexibility index (Phi) is 10.4. The number of hydrogen-bond acceptors (Lipinski definition) is 6. The predicted molar refractivity (Wildman–Crippen MR) is 126 cm³/mol. The fourth-order valence-electron chi connectivity index (χ4n) is 3.29. The molecule has 0 bridgehead atoms. The van der Waals surface area contributed by atoms with E-state index in [4.69, 9.17) is 13.3 Å². The molecule has 7 heteroatoms. The zero-order valence-electron chi connectivity index (χ0n) is 19.4. The van der Waals surface area contributed by atoms with Crippen LogP contribution in [0.2, 0.25) is 0 Å². The smallest absolute Gasteiger partial charge is 0.452 e. The van der Waals surface area contributed by atoms with Gasteiger partial charge in [-0.3, -0.25) is 14.4 Å². The molecule has 0 N–H and O–H groups in total. The van der Waals surface area contributed by atoms with Crippen LogP contribution in [-0.2, 0) is 27.7 Å². The molecule has 0 radical (unpaired) electrons. The summed E-state index contributed by atoms with van der Waals surface area (Å²) in [5, 5.41) is 2.06. The van der Waals surface area contributed by atoms with Crippen molar-refractivity contribution in [2.24, 2.45) is 0 Å². The van der Waals surface area contributed by atoms with Gasteiger partial charge in [-0.25, -0.2) is 0 Å². The van der Waals surface area contributed by atoms with Crippen LogP contribution in [0, 0.1) is 0 Å². The van der Waals surface area contributed by atoms with Crippen molar-refractivity contribution in [1.29, 1.82) is 0 Å². The molecule has 174 valence electrons. The van der Waals surface area contributed by atoms with Crippen molar-refractivity contribution >= 4 is 42.7 Å². The second kappa shape index (κ2) is 13.0. The highest BCUT2D eigenvalue weighted by molar-refractivity contribution is 6.81. The van der Waals surface area contributed by atoms with Crippen LogP contribution >= 0.6 is 0 Å². The number of hydrogen-bond donors (Lipinski definition) is 0. The van der Waals surface area contributed by atoms with Crippen LogP contribution in [-0.4, -0.2) is 26.7 Å². The Morgan fingerprint density at radius 2 is 1.09 bits per heavy atom. The lowest BCUT2D eigenvalue weighted by Crippen LogP contribution is -2.60. The summed E-state index contributed by atoms with van der Waals surface area (Å²) in [6.07, 6.45) is 4.81. The van der Waals surface area contributed by atoms with E-state index < -0.39 is 26.7 Å². The summed E-state index contributed by atoms with van der Waals surface area (Å²) in [6.45, 7) is 5.91. The Labute approximate surface area is 191 Å². The molecule has 0 heterocycles. The quantitative estimate of drug-likeness (QED) is 0.385. The largest absolute Gasteiger partial charge is 0.743 e. The second-order valence-electron chi connectivity index (χ2n) is 7.82. The van der Waals surface area contributed by atoms with Crippen molar-refractivity contribution in [2.45, 2.75) is 78.6 Å². The fourth-order valence-corrected chi connectivity index (χ4v) is 5.80. The van der Waals surface area contributed by atoms with Crippen LogP contribution in [0.5, 0.6) is 0 Å². The molecule has 0 aliphatic heterocycles. The SMILES string of the molecule is CCCCC(=O)O[Si](OC(=O)CCCC)(OC(=O)CCCC)c1cccc2ccccc12. The highest BCUT2D eigenvalue weighted by Gasteiger charge is 2.56.